The third kappa shape index (κ3) is 3.91. The number of carboxylic acid groups (broad SMARTS) is 1. The van der Waals surface area contributed by atoms with E-state index in [1.807, 2.05) is 24.3 Å². The number of amides is 1. The van der Waals surface area contributed by atoms with Crippen LogP contribution in [0.4, 0.5) is 4.39 Å². The van der Waals surface area contributed by atoms with Crippen molar-refractivity contribution in [3.8, 4) is 0 Å². The molecule has 1 heterocycles. The van der Waals surface area contributed by atoms with E-state index in [1.165, 1.54) is 11.0 Å². The van der Waals surface area contributed by atoms with Crippen molar-refractivity contribution in [1.82, 2.24) is 4.90 Å². The number of halogens is 1. The molecule has 3 rings (SSSR count). The summed E-state index contributed by atoms with van der Waals surface area (Å²) in [6.07, 6.45) is 0.473. The zero-order chi connectivity index (χ0) is 18.7. The number of hydrogen-bond acceptors (Lipinski definition) is 3. The molecule has 0 aliphatic carbocycles. The van der Waals surface area contributed by atoms with Gasteiger partial charge in [-0.3, -0.25) is 4.79 Å². The molecule has 1 aliphatic heterocycles. The second-order valence-electron chi connectivity index (χ2n) is 6.61. The fourth-order valence-corrected chi connectivity index (χ4v) is 3.37. The first kappa shape index (κ1) is 18.1. The van der Waals surface area contributed by atoms with E-state index < -0.39 is 18.1 Å². The standard InChI is InChI=1S/C20H21FN2O3/c21-17-8-4-3-6-14(17)9-16(22)11-19(24)23-12-15-7-2-1-5-13(15)10-18(23)20(25)26/h1-8,16,18H,9-12,22H2,(H,25,26)/t16?,18-/m0/s1. The Labute approximate surface area is 151 Å². The van der Waals surface area contributed by atoms with Crippen LogP contribution >= 0.6 is 0 Å². The Kier molecular flexibility index (Phi) is 5.32. The van der Waals surface area contributed by atoms with Crippen LogP contribution in [0.5, 0.6) is 0 Å². The molecule has 1 aliphatic rings. The lowest BCUT2D eigenvalue weighted by molar-refractivity contribution is -0.151. The lowest BCUT2D eigenvalue weighted by Crippen LogP contribution is -2.50. The summed E-state index contributed by atoms with van der Waals surface area (Å²) in [5, 5.41) is 9.51. The van der Waals surface area contributed by atoms with E-state index in [0.717, 1.165) is 11.1 Å². The highest BCUT2D eigenvalue weighted by atomic mass is 19.1. The summed E-state index contributed by atoms with van der Waals surface area (Å²) in [6.45, 7) is 0.248. The van der Waals surface area contributed by atoms with E-state index in [1.54, 1.807) is 18.2 Å². The van der Waals surface area contributed by atoms with Crippen LogP contribution in [0.3, 0.4) is 0 Å². The van der Waals surface area contributed by atoms with Crippen molar-refractivity contribution >= 4 is 11.9 Å². The Bertz CT molecular complexity index is 824. The molecule has 0 aromatic heterocycles. The predicted octanol–water partition coefficient (Wildman–Crippen LogP) is 2.12. The van der Waals surface area contributed by atoms with Crippen LogP contribution < -0.4 is 5.73 Å². The minimum Gasteiger partial charge on any atom is -0.480 e. The summed E-state index contributed by atoms with van der Waals surface area (Å²) >= 11 is 0. The normalized spacial score (nSPS) is 17.5. The molecule has 0 saturated carbocycles. The van der Waals surface area contributed by atoms with Gasteiger partial charge >= 0.3 is 5.97 Å². The molecule has 26 heavy (non-hydrogen) atoms. The second-order valence-corrected chi connectivity index (χ2v) is 6.61. The Hall–Kier alpha value is -2.73. The van der Waals surface area contributed by atoms with Gasteiger partial charge in [0.2, 0.25) is 5.91 Å². The largest absolute Gasteiger partial charge is 0.480 e. The number of fused-ring (bicyclic) bond motifs is 1. The van der Waals surface area contributed by atoms with Crippen LogP contribution in [-0.4, -0.2) is 34.0 Å². The van der Waals surface area contributed by atoms with E-state index in [-0.39, 0.29) is 37.5 Å². The van der Waals surface area contributed by atoms with Gasteiger partial charge in [0.15, 0.2) is 0 Å². The van der Waals surface area contributed by atoms with Gasteiger partial charge in [0.05, 0.1) is 0 Å². The number of rotatable bonds is 5. The van der Waals surface area contributed by atoms with E-state index in [0.29, 0.717) is 5.56 Å². The molecule has 2 aromatic rings. The third-order valence-corrected chi connectivity index (χ3v) is 4.73. The lowest BCUT2D eigenvalue weighted by atomic mass is 9.93. The molecule has 136 valence electrons. The van der Waals surface area contributed by atoms with E-state index in [4.69, 9.17) is 5.73 Å². The molecule has 0 spiro atoms. The highest BCUT2D eigenvalue weighted by molar-refractivity contribution is 5.85. The Morgan fingerprint density at radius 2 is 1.81 bits per heavy atom. The highest BCUT2D eigenvalue weighted by Gasteiger charge is 2.34. The first-order valence-corrected chi connectivity index (χ1v) is 8.53. The van der Waals surface area contributed by atoms with Crippen molar-refractivity contribution in [1.29, 1.82) is 0 Å². The summed E-state index contributed by atoms with van der Waals surface area (Å²) < 4.78 is 13.7. The van der Waals surface area contributed by atoms with Crippen LogP contribution in [0.2, 0.25) is 0 Å². The van der Waals surface area contributed by atoms with Crippen molar-refractivity contribution in [2.24, 2.45) is 5.73 Å². The molecule has 0 saturated heterocycles. The van der Waals surface area contributed by atoms with Crippen LogP contribution in [0, 0.1) is 5.82 Å². The van der Waals surface area contributed by atoms with Gasteiger partial charge in [-0.05, 0) is 29.2 Å². The number of carbonyl (C=O) groups excluding carboxylic acids is 1. The topological polar surface area (TPSA) is 83.6 Å². The average molecular weight is 356 g/mol. The van der Waals surface area contributed by atoms with Crippen molar-refractivity contribution in [3.05, 3.63) is 71.0 Å². The SMILES string of the molecule is NC(CC(=O)N1Cc2ccccc2C[C@H]1C(=O)O)Cc1ccccc1F. The van der Waals surface area contributed by atoms with Crippen LogP contribution in [0.1, 0.15) is 23.1 Å². The monoisotopic (exact) mass is 356 g/mol. The van der Waals surface area contributed by atoms with Gasteiger partial charge in [0.1, 0.15) is 11.9 Å². The smallest absolute Gasteiger partial charge is 0.326 e. The van der Waals surface area contributed by atoms with Gasteiger partial charge in [-0.1, -0.05) is 42.5 Å². The van der Waals surface area contributed by atoms with Gasteiger partial charge in [-0.2, -0.15) is 0 Å². The average Bonchev–Trinajstić information content (AvgIpc) is 2.62. The predicted molar refractivity (Wildman–Crippen MR) is 94.8 cm³/mol. The summed E-state index contributed by atoms with van der Waals surface area (Å²) in [6, 6.07) is 12.3. The number of carbonyl (C=O) groups is 2. The molecule has 1 unspecified atom stereocenters. The zero-order valence-corrected chi connectivity index (χ0v) is 14.3. The Balaban J connectivity index is 1.71. The number of nitrogens with zero attached hydrogens (tertiary/aromatic N) is 1. The molecule has 0 fully saturated rings. The third-order valence-electron chi connectivity index (χ3n) is 4.73. The van der Waals surface area contributed by atoms with E-state index in [9.17, 15) is 19.1 Å². The molecule has 2 atom stereocenters. The first-order valence-electron chi connectivity index (χ1n) is 8.53. The van der Waals surface area contributed by atoms with Crippen molar-refractivity contribution in [3.63, 3.8) is 0 Å². The second kappa shape index (κ2) is 7.66. The van der Waals surface area contributed by atoms with E-state index in [2.05, 4.69) is 0 Å². The van der Waals surface area contributed by atoms with Gasteiger partial charge in [-0.25, -0.2) is 9.18 Å². The molecule has 3 N–H and O–H groups in total. The quantitative estimate of drug-likeness (QED) is 0.860. The van der Waals surface area contributed by atoms with Gasteiger partial charge in [-0.15, -0.1) is 0 Å². The summed E-state index contributed by atoms with van der Waals surface area (Å²) in [4.78, 5) is 25.7. The number of hydrogen-bond donors (Lipinski definition) is 2. The van der Waals surface area contributed by atoms with Gasteiger partial charge in [0, 0.05) is 25.4 Å². The molecule has 0 bridgehead atoms. The van der Waals surface area contributed by atoms with Crippen molar-refractivity contribution in [2.45, 2.75) is 37.9 Å². The maximum absolute atomic E-state index is 13.7. The molecule has 1 amide bonds. The maximum atomic E-state index is 13.7. The summed E-state index contributed by atoms with van der Waals surface area (Å²) in [5.41, 5.74) is 8.38. The summed E-state index contributed by atoms with van der Waals surface area (Å²) in [7, 11) is 0. The van der Waals surface area contributed by atoms with Gasteiger partial charge in [0.25, 0.3) is 0 Å². The number of benzene rings is 2. The van der Waals surface area contributed by atoms with Crippen molar-refractivity contribution < 1.29 is 19.1 Å². The highest BCUT2D eigenvalue weighted by Crippen LogP contribution is 2.24. The summed E-state index contributed by atoms with van der Waals surface area (Å²) in [5.74, 6) is -1.71. The fraction of sp³-hybridized carbons (Fsp3) is 0.300. The molecule has 5 nitrogen and oxygen atoms in total. The van der Waals surface area contributed by atoms with Crippen LogP contribution in [0.15, 0.2) is 48.5 Å². The van der Waals surface area contributed by atoms with E-state index >= 15 is 0 Å². The van der Waals surface area contributed by atoms with Crippen LogP contribution in [0.25, 0.3) is 0 Å². The number of carboxylic acids is 1. The Morgan fingerprint density at radius 3 is 2.50 bits per heavy atom. The number of nitrogens with two attached hydrogens (primary N) is 1. The lowest BCUT2D eigenvalue weighted by Gasteiger charge is -2.35. The maximum Gasteiger partial charge on any atom is 0.326 e. The first-order chi connectivity index (χ1) is 12.5. The van der Waals surface area contributed by atoms with Gasteiger partial charge < -0.3 is 15.7 Å². The fourth-order valence-electron chi connectivity index (χ4n) is 3.37. The minimum absolute atomic E-state index is 0.0275. The zero-order valence-electron chi connectivity index (χ0n) is 14.3. The molecule has 6 heteroatoms. The van der Waals surface area contributed by atoms with Crippen molar-refractivity contribution in [2.75, 3.05) is 0 Å². The molecule has 0 radical (unpaired) electrons. The minimum atomic E-state index is -1.03. The molecule has 2 aromatic carbocycles. The molecular weight excluding hydrogens is 335 g/mol. The Morgan fingerprint density at radius 1 is 1.15 bits per heavy atom. The molecular formula is C20H21FN2O3. The van der Waals surface area contributed by atoms with Crippen LogP contribution in [-0.2, 0) is 29.0 Å². The number of aliphatic carboxylic acids is 1.